The first kappa shape index (κ1) is 17.8. The Labute approximate surface area is 173 Å². The van der Waals surface area contributed by atoms with Crippen LogP contribution in [0.2, 0.25) is 0 Å². The summed E-state index contributed by atoms with van der Waals surface area (Å²) >= 11 is 0. The molecule has 0 aliphatic heterocycles. The van der Waals surface area contributed by atoms with E-state index in [2.05, 4.69) is 0 Å². The van der Waals surface area contributed by atoms with Gasteiger partial charge in [-0.1, -0.05) is 72.8 Å². The van der Waals surface area contributed by atoms with E-state index >= 15 is 0 Å². The number of imidazole rings is 1. The zero-order chi connectivity index (χ0) is 20.5. The van der Waals surface area contributed by atoms with Crippen molar-refractivity contribution in [3.63, 3.8) is 0 Å². The second kappa shape index (κ2) is 7.29. The molecule has 0 bridgehead atoms. The maximum atomic E-state index is 11.6. The molecule has 2 aromatic heterocycles. The van der Waals surface area contributed by atoms with Crippen molar-refractivity contribution in [2.24, 2.45) is 0 Å². The van der Waals surface area contributed by atoms with Gasteiger partial charge in [0, 0.05) is 35.2 Å². The summed E-state index contributed by atoms with van der Waals surface area (Å²) in [6, 6.07) is 28.7. The fourth-order valence-corrected chi connectivity index (χ4v) is 3.70. The molecule has 0 N–H and O–H groups in total. The summed E-state index contributed by atoms with van der Waals surface area (Å²) < 4.78 is 1.96. The summed E-state index contributed by atoms with van der Waals surface area (Å²) in [6.45, 7) is 0. The van der Waals surface area contributed by atoms with Crippen LogP contribution < -0.4 is 0 Å². The minimum absolute atomic E-state index is 0.0826. The van der Waals surface area contributed by atoms with Crippen molar-refractivity contribution in [1.82, 2.24) is 9.38 Å². The normalized spacial score (nSPS) is 10.9. The zero-order valence-corrected chi connectivity index (χ0v) is 16.0. The number of nitrogens with zero attached hydrogens (tertiary/aromatic N) is 3. The summed E-state index contributed by atoms with van der Waals surface area (Å²) in [7, 11) is 0. The van der Waals surface area contributed by atoms with E-state index in [1.165, 1.54) is 6.07 Å². The lowest BCUT2D eigenvalue weighted by molar-refractivity contribution is -0.384. The quantitative estimate of drug-likeness (QED) is 0.269. The van der Waals surface area contributed by atoms with Gasteiger partial charge in [0.05, 0.1) is 16.2 Å². The van der Waals surface area contributed by atoms with Crippen molar-refractivity contribution >= 4 is 11.3 Å². The van der Waals surface area contributed by atoms with Gasteiger partial charge < -0.3 is 4.40 Å². The standard InChI is InChI=1S/C25H17N3O2/c29-28(30)24-14-8-7-13-21(24)20-15-22(18-9-3-1-4-10-18)25-26-23(17-27(25)16-20)19-11-5-2-6-12-19/h1-17H. The summed E-state index contributed by atoms with van der Waals surface area (Å²) in [4.78, 5) is 16.1. The van der Waals surface area contributed by atoms with Crippen LogP contribution in [-0.2, 0) is 0 Å². The molecule has 0 fully saturated rings. The molecule has 0 atom stereocenters. The molecular formula is C25H17N3O2. The maximum Gasteiger partial charge on any atom is 0.277 e. The van der Waals surface area contributed by atoms with Gasteiger partial charge in [0.15, 0.2) is 0 Å². The summed E-state index contributed by atoms with van der Waals surface area (Å²) in [6.07, 6.45) is 3.87. The first-order valence-electron chi connectivity index (χ1n) is 9.58. The molecule has 0 amide bonds. The number of nitro groups is 1. The van der Waals surface area contributed by atoms with Crippen molar-refractivity contribution in [2.45, 2.75) is 0 Å². The smallest absolute Gasteiger partial charge is 0.277 e. The van der Waals surface area contributed by atoms with Crippen LogP contribution in [0.25, 0.3) is 39.2 Å². The average Bonchev–Trinajstić information content (AvgIpc) is 3.24. The third-order valence-electron chi connectivity index (χ3n) is 5.12. The van der Waals surface area contributed by atoms with Gasteiger partial charge in [-0.25, -0.2) is 4.98 Å². The number of pyridine rings is 1. The molecule has 0 spiro atoms. The lowest BCUT2D eigenvalue weighted by atomic mass is 10.0. The zero-order valence-electron chi connectivity index (χ0n) is 16.0. The molecule has 0 aliphatic carbocycles. The average molecular weight is 391 g/mol. The molecule has 5 aromatic rings. The molecule has 0 radical (unpaired) electrons. The molecule has 30 heavy (non-hydrogen) atoms. The lowest BCUT2D eigenvalue weighted by Crippen LogP contribution is -1.95. The monoisotopic (exact) mass is 391 g/mol. The fraction of sp³-hybridized carbons (Fsp3) is 0. The van der Waals surface area contributed by atoms with E-state index in [1.54, 1.807) is 12.1 Å². The summed E-state index contributed by atoms with van der Waals surface area (Å²) in [5.41, 5.74) is 6.05. The Morgan fingerprint density at radius 3 is 2.03 bits per heavy atom. The Bertz CT molecular complexity index is 1360. The Hall–Kier alpha value is -4.25. The minimum Gasteiger partial charge on any atom is -0.305 e. The van der Waals surface area contributed by atoms with Gasteiger partial charge >= 0.3 is 0 Å². The van der Waals surface area contributed by atoms with Crippen molar-refractivity contribution < 1.29 is 4.92 Å². The number of hydrogen-bond donors (Lipinski definition) is 0. The lowest BCUT2D eigenvalue weighted by Gasteiger charge is -2.09. The predicted molar refractivity (Wildman–Crippen MR) is 118 cm³/mol. The number of aromatic nitrogens is 2. The van der Waals surface area contributed by atoms with Gasteiger partial charge in [-0.3, -0.25) is 10.1 Å². The first-order chi connectivity index (χ1) is 14.7. The number of benzene rings is 3. The third kappa shape index (κ3) is 3.12. The molecule has 0 saturated heterocycles. The van der Waals surface area contributed by atoms with Crippen LogP contribution in [0.15, 0.2) is 103 Å². The number of hydrogen-bond acceptors (Lipinski definition) is 3. The molecule has 0 saturated carbocycles. The van der Waals surface area contributed by atoms with Crippen LogP contribution in [0.1, 0.15) is 0 Å². The topological polar surface area (TPSA) is 60.4 Å². The van der Waals surface area contributed by atoms with E-state index in [9.17, 15) is 10.1 Å². The second-order valence-electron chi connectivity index (χ2n) is 7.01. The Morgan fingerprint density at radius 2 is 1.33 bits per heavy atom. The predicted octanol–water partition coefficient (Wildman–Crippen LogP) is 6.24. The van der Waals surface area contributed by atoms with Crippen LogP contribution in [0.5, 0.6) is 0 Å². The largest absolute Gasteiger partial charge is 0.305 e. The minimum atomic E-state index is -0.342. The Balaban J connectivity index is 1.79. The van der Waals surface area contributed by atoms with Crippen molar-refractivity contribution in [3.8, 4) is 33.5 Å². The molecule has 144 valence electrons. The van der Waals surface area contributed by atoms with Crippen molar-refractivity contribution in [3.05, 3.63) is 114 Å². The SMILES string of the molecule is O=[N+]([O-])c1ccccc1-c1cc(-c2ccccc2)c2nc(-c3ccccc3)cn2c1. The molecular weight excluding hydrogens is 374 g/mol. The molecule has 0 unspecified atom stereocenters. The van der Waals surface area contributed by atoms with Crippen LogP contribution in [0.4, 0.5) is 5.69 Å². The molecule has 5 nitrogen and oxygen atoms in total. The highest BCUT2D eigenvalue weighted by molar-refractivity contribution is 5.85. The van der Waals surface area contributed by atoms with E-state index in [-0.39, 0.29) is 10.6 Å². The summed E-state index contributed by atoms with van der Waals surface area (Å²) in [5.74, 6) is 0. The van der Waals surface area contributed by atoms with E-state index in [4.69, 9.17) is 4.98 Å². The van der Waals surface area contributed by atoms with Crippen LogP contribution in [0.3, 0.4) is 0 Å². The number of nitro benzene ring substituents is 1. The molecule has 0 aliphatic rings. The summed E-state index contributed by atoms with van der Waals surface area (Å²) in [5, 5.41) is 11.6. The Morgan fingerprint density at radius 1 is 0.700 bits per heavy atom. The van der Waals surface area contributed by atoms with Gasteiger partial charge in [-0.2, -0.15) is 0 Å². The number of rotatable bonds is 4. The van der Waals surface area contributed by atoms with Crippen LogP contribution in [-0.4, -0.2) is 14.3 Å². The molecule has 5 heteroatoms. The van der Waals surface area contributed by atoms with Crippen molar-refractivity contribution in [1.29, 1.82) is 0 Å². The molecule has 5 rings (SSSR count). The highest BCUT2D eigenvalue weighted by Crippen LogP contribution is 2.35. The van der Waals surface area contributed by atoms with E-state index in [0.29, 0.717) is 5.56 Å². The van der Waals surface area contributed by atoms with E-state index in [0.717, 1.165) is 33.6 Å². The fourth-order valence-electron chi connectivity index (χ4n) is 3.70. The maximum absolute atomic E-state index is 11.6. The van der Waals surface area contributed by atoms with E-state index < -0.39 is 0 Å². The number of fused-ring (bicyclic) bond motifs is 1. The van der Waals surface area contributed by atoms with Gasteiger partial charge in [-0.05, 0) is 17.7 Å². The van der Waals surface area contributed by atoms with E-state index in [1.807, 2.05) is 89.6 Å². The second-order valence-corrected chi connectivity index (χ2v) is 7.01. The highest BCUT2D eigenvalue weighted by Gasteiger charge is 2.18. The van der Waals surface area contributed by atoms with Crippen LogP contribution in [0, 0.1) is 10.1 Å². The third-order valence-corrected chi connectivity index (χ3v) is 5.12. The van der Waals surface area contributed by atoms with Gasteiger partial charge in [0.1, 0.15) is 5.65 Å². The number of para-hydroxylation sites is 1. The molecule has 2 heterocycles. The van der Waals surface area contributed by atoms with Crippen molar-refractivity contribution in [2.75, 3.05) is 0 Å². The van der Waals surface area contributed by atoms with Gasteiger partial charge in [0.2, 0.25) is 0 Å². The van der Waals surface area contributed by atoms with Gasteiger partial charge in [-0.15, -0.1) is 0 Å². The highest BCUT2D eigenvalue weighted by atomic mass is 16.6. The molecule has 3 aromatic carbocycles. The van der Waals surface area contributed by atoms with Gasteiger partial charge in [0.25, 0.3) is 5.69 Å². The first-order valence-corrected chi connectivity index (χ1v) is 9.58. The van der Waals surface area contributed by atoms with Crippen LogP contribution >= 0.6 is 0 Å². The Kier molecular flexibility index (Phi) is 4.33.